The quantitative estimate of drug-likeness (QED) is 0.844. The lowest BCUT2D eigenvalue weighted by Gasteiger charge is -2.25. The largest absolute Gasteiger partial charge is 0.335 e. The summed E-state index contributed by atoms with van der Waals surface area (Å²) < 4.78 is 13.5. The zero-order chi connectivity index (χ0) is 12.4. The van der Waals surface area contributed by atoms with Gasteiger partial charge in [0.2, 0.25) is 0 Å². The molecule has 0 bridgehead atoms. The van der Waals surface area contributed by atoms with E-state index in [0.717, 1.165) is 10.7 Å². The van der Waals surface area contributed by atoms with E-state index in [1.807, 2.05) is 41.9 Å². The lowest BCUT2D eigenvalue weighted by atomic mass is 10.2. The van der Waals surface area contributed by atoms with Crippen LogP contribution in [0.4, 0.5) is 0 Å². The molecule has 18 heavy (non-hydrogen) atoms. The van der Waals surface area contributed by atoms with Crippen molar-refractivity contribution in [2.45, 2.75) is 10.3 Å². The van der Waals surface area contributed by atoms with Crippen molar-refractivity contribution in [3.05, 3.63) is 42.2 Å². The van der Waals surface area contributed by atoms with Gasteiger partial charge < -0.3 is 14.0 Å². The minimum atomic E-state index is -0.804. The maximum absolute atomic E-state index is 5.81. The summed E-state index contributed by atoms with van der Waals surface area (Å²) in [4.78, 5) is 0. The minimum absolute atomic E-state index is 0.583. The van der Waals surface area contributed by atoms with Crippen LogP contribution in [0.2, 0.25) is 0 Å². The van der Waals surface area contributed by atoms with E-state index in [1.165, 1.54) is 11.8 Å². The summed E-state index contributed by atoms with van der Waals surface area (Å²) in [5.74, 6) is 0. The number of aryl methyl sites for hydroxylation is 1. The molecule has 0 N–H and O–H groups in total. The molecule has 1 aromatic heterocycles. The highest BCUT2D eigenvalue weighted by Gasteiger charge is 2.41. The molecule has 0 spiro atoms. The molecular weight excluding hydrogens is 250 g/mol. The van der Waals surface area contributed by atoms with Gasteiger partial charge in [0.1, 0.15) is 6.33 Å². The van der Waals surface area contributed by atoms with Crippen LogP contribution in [0.3, 0.4) is 0 Å². The zero-order valence-corrected chi connectivity index (χ0v) is 10.8. The zero-order valence-electron chi connectivity index (χ0n) is 9.94. The molecule has 0 unspecified atom stereocenters. The summed E-state index contributed by atoms with van der Waals surface area (Å²) in [6.45, 7) is 1.17. The van der Waals surface area contributed by atoms with Crippen molar-refractivity contribution in [2.75, 3.05) is 13.2 Å². The molecule has 1 aliphatic heterocycles. The van der Waals surface area contributed by atoms with Crippen molar-refractivity contribution in [3.63, 3.8) is 0 Å². The van der Waals surface area contributed by atoms with Gasteiger partial charge in [0.25, 0.3) is 5.12 Å². The number of nitrogens with zero attached hydrogens (tertiary/aromatic N) is 3. The summed E-state index contributed by atoms with van der Waals surface area (Å²) in [6.07, 6.45) is 1.66. The van der Waals surface area contributed by atoms with Crippen LogP contribution in [0.15, 0.2) is 41.8 Å². The normalized spacial score (nSPS) is 18.1. The predicted octanol–water partition coefficient (Wildman–Crippen LogP) is 1.76. The molecule has 3 rings (SSSR count). The molecule has 0 radical (unpaired) electrons. The van der Waals surface area contributed by atoms with Gasteiger partial charge in [0, 0.05) is 12.6 Å². The molecule has 6 heteroatoms. The van der Waals surface area contributed by atoms with E-state index in [4.69, 9.17) is 9.47 Å². The highest BCUT2D eigenvalue weighted by atomic mass is 32.2. The van der Waals surface area contributed by atoms with Crippen molar-refractivity contribution < 1.29 is 9.47 Å². The minimum Gasteiger partial charge on any atom is -0.335 e. The second kappa shape index (κ2) is 4.72. The average molecular weight is 263 g/mol. The first-order valence-corrected chi connectivity index (χ1v) is 6.48. The number of hydrogen-bond acceptors (Lipinski definition) is 5. The van der Waals surface area contributed by atoms with Crippen molar-refractivity contribution in [1.82, 2.24) is 14.8 Å². The van der Waals surface area contributed by atoms with Crippen LogP contribution in [0.1, 0.15) is 5.56 Å². The van der Waals surface area contributed by atoms with Crippen LogP contribution in [0.25, 0.3) is 0 Å². The topological polar surface area (TPSA) is 49.2 Å². The first-order valence-electron chi connectivity index (χ1n) is 5.67. The fraction of sp³-hybridized carbons (Fsp3) is 0.333. The second-order valence-electron chi connectivity index (χ2n) is 3.95. The van der Waals surface area contributed by atoms with Crippen LogP contribution in [0.5, 0.6) is 0 Å². The van der Waals surface area contributed by atoms with E-state index in [0.29, 0.717) is 13.2 Å². The Morgan fingerprint density at radius 2 is 1.94 bits per heavy atom. The van der Waals surface area contributed by atoms with E-state index in [9.17, 15) is 0 Å². The smallest absolute Gasteiger partial charge is 0.253 e. The van der Waals surface area contributed by atoms with Crippen molar-refractivity contribution in [3.8, 4) is 0 Å². The fourth-order valence-electron chi connectivity index (χ4n) is 1.81. The van der Waals surface area contributed by atoms with Crippen LogP contribution >= 0.6 is 11.8 Å². The molecule has 0 amide bonds. The van der Waals surface area contributed by atoms with E-state index < -0.39 is 5.12 Å². The van der Waals surface area contributed by atoms with Gasteiger partial charge in [0.15, 0.2) is 5.16 Å². The Morgan fingerprint density at radius 1 is 1.22 bits per heavy atom. The molecule has 1 aliphatic rings. The van der Waals surface area contributed by atoms with Crippen LogP contribution in [-0.4, -0.2) is 28.0 Å². The Morgan fingerprint density at radius 3 is 2.56 bits per heavy atom. The first kappa shape index (κ1) is 11.7. The summed E-state index contributed by atoms with van der Waals surface area (Å²) >= 11 is 1.43. The number of thioether (sulfide) groups is 1. The monoisotopic (exact) mass is 263 g/mol. The van der Waals surface area contributed by atoms with Crippen LogP contribution in [0, 0.1) is 0 Å². The molecule has 0 saturated carbocycles. The van der Waals surface area contributed by atoms with Gasteiger partial charge in [0.05, 0.1) is 13.2 Å². The van der Waals surface area contributed by atoms with Gasteiger partial charge >= 0.3 is 0 Å². The van der Waals surface area contributed by atoms with Crippen LogP contribution < -0.4 is 0 Å². The molecular formula is C12H13N3O2S. The van der Waals surface area contributed by atoms with Crippen LogP contribution in [-0.2, 0) is 21.6 Å². The Balaban J connectivity index is 1.95. The standard InChI is InChI=1S/C12H13N3O2S/c1-15-9-13-14-11(15)18-12(16-7-8-17-12)10-5-3-2-4-6-10/h2-6,9H,7-8H2,1H3. The van der Waals surface area contributed by atoms with Crippen molar-refractivity contribution in [1.29, 1.82) is 0 Å². The number of hydrogen-bond donors (Lipinski definition) is 0. The number of benzene rings is 1. The van der Waals surface area contributed by atoms with Gasteiger partial charge in [-0.05, 0) is 11.8 Å². The summed E-state index contributed by atoms with van der Waals surface area (Å²) in [5.41, 5.74) is 0.982. The number of aromatic nitrogens is 3. The Hall–Kier alpha value is -1.37. The highest BCUT2D eigenvalue weighted by Crippen LogP contribution is 2.45. The van der Waals surface area contributed by atoms with Crippen molar-refractivity contribution >= 4 is 11.8 Å². The number of ether oxygens (including phenoxy) is 2. The molecule has 2 heterocycles. The second-order valence-corrected chi connectivity index (χ2v) is 5.05. The first-order chi connectivity index (χ1) is 8.80. The third kappa shape index (κ3) is 2.03. The predicted molar refractivity (Wildman–Crippen MR) is 66.9 cm³/mol. The van der Waals surface area contributed by atoms with Gasteiger partial charge in [-0.25, -0.2) is 0 Å². The molecule has 0 atom stereocenters. The molecule has 5 nitrogen and oxygen atoms in total. The highest BCUT2D eigenvalue weighted by molar-refractivity contribution is 7.99. The Labute approximate surface area is 109 Å². The van der Waals surface area contributed by atoms with Gasteiger partial charge in [-0.2, -0.15) is 0 Å². The van der Waals surface area contributed by atoms with Gasteiger partial charge in [-0.15, -0.1) is 10.2 Å². The third-order valence-corrected chi connectivity index (χ3v) is 3.98. The number of rotatable bonds is 3. The maximum atomic E-state index is 5.81. The SMILES string of the molecule is Cn1cnnc1SC1(c2ccccc2)OCCO1. The fourth-order valence-corrected chi connectivity index (χ4v) is 2.86. The lowest BCUT2D eigenvalue weighted by molar-refractivity contribution is -0.0818. The van der Waals surface area contributed by atoms with E-state index >= 15 is 0 Å². The van der Waals surface area contributed by atoms with Crippen molar-refractivity contribution in [2.24, 2.45) is 7.05 Å². The average Bonchev–Trinajstić information content (AvgIpc) is 3.03. The molecule has 1 aromatic carbocycles. The third-order valence-electron chi connectivity index (χ3n) is 2.69. The molecule has 94 valence electrons. The molecule has 1 saturated heterocycles. The Kier molecular flexibility index (Phi) is 3.07. The summed E-state index contributed by atoms with van der Waals surface area (Å²) in [7, 11) is 1.90. The molecule has 0 aliphatic carbocycles. The van der Waals surface area contributed by atoms with E-state index in [1.54, 1.807) is 6.33 Å². The van der Waals surface area contributed by atoms with Gasteiger partial charge in [-0.3, -0.25) is 0 Å². The molecule has 2 aromatic rings. The summed E-state index contributed by atoms with van der Waals surface area (Å²) in [5, 5.41) is 7.90. The Bertz CT molecular complexity index is 523. The lowest BCUT2D eigenvalue weighted by Crippen LogP contribution is -2.23. The molecule has 1 fully saturated rings. The van der Waals surface area contributed by atoms with E-state index in [-0.39, 0.29) is 0 Å². The maximum Gasteiger partial charge on any atom is 0.253 e. The van der Waals surface area contributed by atoms with E-state index in [2.05, 4.69) is 10.2 Å². The summed E-state index contributed by atoms with van der Waals surface area (Å²) in [6, 6.07) is 9.90. The van der Waals surface area contributed by atoms with Gasteiger partial charge in [-0.1, -0.05) is 30.3 Å².